The van der Waals surface area contributed by atoms with Crippen molar-refractivity contribution in [3.63, 3.8) is 0 Å². The zero-order valence-corrected chi connectivity index (χ0v) is 10.1. The Hall–Kier alpha value is -1.73. The zero-order valence-electron chi connectivity index (χ0n) is 10.1. The molecule has 90 valence electrons. The number of hydrogen-bond donors (Lipinski definition) is 3. The van der Waals surface area contributed by atoms with E-state index in [0.717, 1.165) is 5.69 Å². The van der Waals surface area contributed by atoms with Gasteiger partial charge in [0.15, 0.2) is 0 Å². The van der Waals surface area contributed by atoms with Gasteiger partial charge in [0.1, 0.15) is 0 Å². The van der Waals surface area contributed by atoms with E-state index in [4.69, 9.17) is 11.0 Å². The highest BCUT2D eigenvalue weighted by molar-refractivity contribution is 5.69. The SMILES string of the molecule is CC1(C)C(O)CC1Nc1cc(C#N)ccc1N. The van der Waals surface area contributed by atoms with Crippen LogP contribution in [0.2, 0.25) is 0 Å². The smallest absolute Gasteiger partial charge is 0.0992 e. The van der Waals surface area contributed by atoms with Crippen LogP contribution in [0, 0.1) is 16.7 Å². The third-order valence-corrected chi connectivity index (χ3v) is 3.73. The topological polar surface area (TPSA) is 82.1 Å². The fraction of sp³-hybridized carbons (Fsp3) is 0.462. The number of nitrogen functional groups attached to an aromatic ring is 1. The first kappa shape index (κ1) is 11.7. The molecule has 0 aromatic heterocycles. The van der Waals surface area contributed by atoms with Crippen LogP contribution >= 0.6 is 0 Å². The largest absolute Gasteiger partial charge is 0.397 e. The summed E-state index contributed by atoms with van der Waals surface area (Å²) in [5, 5.41) is 21.8. The number of nitrogens with zero attached hydrogens (tertiary/aromatic N) is 1. The molecule has 4 nitrogen and oxygen atoms in total. The van der Waals surface area contributed by atoms with E-state index in [0.29, 0.717) is 17.7 Å². The number of rotatable bonds is 2. The fourth-order valence-corrected chi connectivity index (χ4v) is 2.09. The zero-order chi connectivity index (χ0) is 12.6. The van der Waals surface area contributed by atoms with E-state index in [9.17, 15) is 5.11 Å². The van der Waals surface area contributed by atoms with Crippen LogP contribution < -0.4 is 11.1 Å². The van der Waals surface area contributed by atoms with Crippen LogP contribution in [0.3, 0.4) is 0 Å². The average molecular weight is 231 g/mol. The molecule has 4 heteroatoms. The summed E-state index contributed by atoms with van der Waals surface area (Å²) in [6, 6.07) is 7.44. The van der Waals surface area contributed by atoms with Gasteiger partial charge in [0.05, 0.1) is 29.1 Å². The number of aliphatic hydroxyl groups is 1. The van der Waals surface area contributed by atoms with Gasteiger partial charge in [0.2, 0.25) is 0 Å². The van der Waals surface area contributed by atoms with Crippen LogP contribution in [-0.4, -0.2) is 17.3 Å². The predicted molar refractivity (Wildman–Crippen MR) is 67.4 cm³/mol. The molecule has 0 saturated heterocycles. The van der Waals surface area contributed by atoms with Crippen molar-refractivity contribution in [2.45, 2.75) is 32.4 Å². The van der Waals surface area contributed by atoms with Crippen LogP contribution in [0.4, 0.5) is 11.4 Å². The Labute approximate surface area is 101 Å². The summed E-state index contributed by atoms with van der Waals surface area (Å²) in [5.41, 5.74) is 7.68. The van der Waals surface area contributed by atoms with Gasteiger partial charge >= 0.3 is 0 Å². The first-order valence-corrected chi connectivity index (χ1v) is 5.69. The molecule has 2 atom stereocenters. The van der Waals surface area contributed by atoms with Crippen molar-refractivity contribution in [3.05, 3.63) is 23.8 Å². The van der Waals surface area contributed by atoms with Crippen LogP contribution in [0.5, 0.6) is 0 Å². The Morgan fingerprint density at radius 1 is 1.53 bits per heavy atom. The summed E-state index contributed by atoms with van der Waals surface area (Å²) in [6.45, 7) is 4.03. The lowest BCUT2D eigenvalue weighted by Crippen LogP contribution is -2.56. The summed E-state index contributed by atoms with van der Waals surface area (Å²) in [4.78, 5) is 0. The van der Waals surface area contributed by atoms with Gasteiger partial charge in [-0.05, 0) is 24.6 Å². The second-order valence-corrected chi connectivity index (χ2v) is 5.18. The van der Waals surface area contributed by atoms with E-state index in [1.165, 1.54) is 0 Å². The minimum Gasteiger partial charge on any atom is -0.397 e. The van der Waals surface area contributed by atoms with E-state index >= 15 is 0 Å². The van der Waals surface area contributed by atoms with Gasteiger partial charge in [0, 0.05) is 11.5 Å². The maximum atomic E-state index is 9.67. The molecule has 0 heterocycles. The number of nitrogens with two attached hydrogens (primary N) is 1. The average Bonchev–Trinajstić information content (AvgIpc) is 2.31. The molecule has 0 radical (unpaired) electrons. The van der Waals surface area contributed by atoms with E-state index in [2.05, 4.69) is 11.4 Å². The van der Waals surface area contributed by atoms with Crippen molar-refractivity contribution in [2.24, 2.45) is 5.41 Å². The molecule has 0 bridgehead atoms. The molecule has 1 aliphatic rings. The molecule has 1 aromatic rings. The molecule has 1 aliphatic carbocycles. The highest BCUT2D eigenvalue weighted by Gasteiger charge is 2.47. The minimum atomic E-state index is -0.277. The Bertz CT molecular complexity index is 476. The van der Waals surface area contributed by atoms with Crippen LogP contribution in [0.15, 0.2) is 18.2 Å². The maximum Gasteiger partial charge on any atom is 0.0992 e. The Kier molecular flexibility index (Phi) is 2.72. The number of hydrogen-bond acceptors (Lipinski definition) is 4. The summed E-state index contributed by atoms with van der Waals surface area (Å²) < 4.78 is 0. The number of benzene rings is 1. The van der Waals surface area contributed by atoms with Gasteiger partial charge in [-0.15, -0.1) is 0 Å². The molecule has 0 spiro atoms. The fourth-order valence-electron chi connectivity index (χ4n) is 2.09. The monoisotopic (exact) mass is 231 g/mol. The van der Waals surface area contributed by atoms with Crippen molar-refractivity contribution in [2.75, 3.05) is 11.1 Å². The number of nitriles is 1. The van der Waals surface area contributed by atoms with Crippen molar-refractivity contribution in [1.82, 2.24) is 0 Å². The third kappa shape index (κ3) is 1.94. The lowest BCUT2D eigenvalue weighted by molar-refractivity contribution is -0.0510. The molecule has 0 aliphatic heterocycles. The second kappa shape index (κ2) is 3.94. The summed E-state index contributed by atoms with van der Waals surface area (Å²) in [7, 11) is 0. The molecular formula is C13H17N3O. The Balaban J connectivity index is 2.18. The summed E-state index contributed by atoms with van der Waals surface area (Å²) in [5.74, 6) is 0. The van der Waals surface area contributed by atoms with Crippen molar-refractivity contribution in [1.29, 1.82) is 5.26 Å². The molecule has 1 fully saturated rings. The van der Waals surface area contributed by atoms with Gasteiger partial charge in [-0.25, -0.2) is 0 Å². The normalized spacial score (nSPS) is 25.8. The van der Waals surface area contributed by atoms with E-state index in [1.807, 2.05) is 13.8 Å². The molecule has 1 saturated carbocycles. The van der Waals surface area contributed by atoms with Gasteiger partial charge in [-0.2, -0.15) is 5.26 Å². The number of anilines is 2. The van der Waals surface area contributed by atoms with Crippen LogP contribution in [0.1, 0.15) is 25.8 Å². The second-order valence-electron chi connectivity index (χ2n) is 5.18. The van der Waals surface area contributed by atoms with Gasteiger partial charge < -0.3 is 16.2 Å². The lowest BCUT2D eigenvalue weighted by atomic mass is 9.64. The van der Waals surface area contributed by atoms with Crippen molar-refractivity contribution >= 4 is 11.4 Å². The molecule has 0 amide bonds. The number of aliphatic hydroxyl groups excluding tert-OH is 1. The Morgan fingerprint density at radius 3 is 2.76 bits per heavy atom. The minimum absolute atomic E-state index is 0.158. The maximum absolute atomic E-state index is 9.67. The molecule has 2 rings (SSSR count). The highest BCUT2D eigenvalue weighted by atomic mass is 16.3. The first-order valence-electron chi connectivity index (χ1n) is 5.69. The predicted octanol–water partition coefficient (Wildman–Crippen LogP) is 1.71. The standard InChI is InChI=1S/C13H17N3O/c1-13(2)11(6-12(13)17)16-10-5-8(7-14)3-4-9(10)15/h3-5,11-12,16-17H,6,15H2,1-2H3. The molecule has 2 unspecified atom stereocenters. The highest BCUT2D eigenvalue weighted by Crippen LogP contribution is 2.42. The van der Waals surface area contributed by atoms with Crippen LogP contribution in [-0.2, 0) is 0 Å². The lowest BCUT2D eigenvalue weighted by Gasteiger charge is -2.50. The van der Waals surface area contributed by atoms with Gasteiger partial charge in [-0.1, -0.05) is 13.8 Å². The van der Waals surface area contributed by atoms with Crippen molar-refractivity contribution in [3.8, 4) is 6.07 Å². The van der Waals surface area contributed by atoms with E-state index in [-0.39, 0.29) is 17.6 Å². The first-order chi connectivity index (χ1) is 7.95. The van der Waals surface area contributed by atoms with Crippen molar-refractivity contribution < 1.29 is 5.11 Å². The third-order valence-electron chi connectivity index (χ3n) is 3.73. The Morgan fingerprint density at radius 2 is 2.24 bits per heavy atom. The molecular weight excluding hydrogens is 214 g/mol. The van der Waals surface area contributed by atoms with Crippen LogP contribution in [0.25, 0.3) is 0 Å². The summed E-state index contributed by atoms with van der Waals surface area (Å²) >= 11 is 0. The van der Waals surface area contributed by atoms with Gasteiger partial charge in [0.25, 0.3) is 0 Å². The summed E-state index contributed by atoms with van der Waals surface area (Å²) in [6.07, 6.45) is 0.434. The number of nitrogens with one attached hydrogen (secondary N) is 1. The molecule has 17 heavy (non-hydrogen) atoms. The molecule has 1 aromatic carbocycles. The molecule has 4 N–H and O–H groups in total. The quantitative estimate of drug-likeness (QED) is 0.677. The van der Waals surface area contributed by atoms with E-state index < -0.39 is 0 Å². The van der Waals surface area contributed by atoms with E-state index in [1.54, 1.807) is 18.2 Å². The van der Waals surface area contributed by atoms with Gasteiger partial charge in [-0.3, -0.25) is 0 Å².